The third-order valence-corrected chi connectivity index (χ3v) is 6.37. The van der Waals surface area contributed by atoms with Crippen molar-refractivity contribution >= 4 is 28.2 Å². The van der Waals surface area contributed by atoms with Crippen LogP contribution in [0.25, 0.3) is 27.7 Å². The van der Waals surface area contributed by atoms with Gasteiger partial charge in [-0.15, -0.1) is 0 Å². The maximum atomic E-state index is 6.40. The van der Waals surface area contributed by atoms with Gasteiger partial charge in [-0.3, -0.25) is 0 Å². The van der Waals surface area contributed by atoms with Crippen molar-refractivity contribution in [2.75, 3.05) is 26.6 Å². The normalized spacial score (nSPS) is 11.0. The van der Waals surface area contributed by atoms with E-state index >= 15 is 0 Å². The Kier molecular flexibility index (Phi) is 7.20. The molecule has 9 heteroatoms. The smallest absolute Gasteiger partial charge is 0.127 e. The van der Waals surface area contributed by atoms with Crippen LogP contribution in [-0.4, -0.2) is 41.2 Å². The maximum Gasteiger partial charge on any atom is 0.127 e. The molecule has 0 aliphatic rings. The molecule has 5 rings (SSSR count). The molecule has 2 heterocycles. The quantitative estimate of drug-likeness (QED) is 0.269. The van der Waals surface area contributed by atoms with Crippen LogP contribution in [0.4, 0.5) is 5.69 Å². The van der Waals surface area contributed by atoms with E-state index in [0.29, 0.717) is 11.6 Å². The van der Waals surface area contributed by atoms with Gasteiger partial charge in [-0.1, -0.05) is 17.7 Å². The van der Waals surface area contributed by atoms with Crippen LogP contribution < -0.4 is 20.1 Å². The van der Waals surface area contributed by atoms with Gasteiger partial charge >= 0.3 is 0 Å². The first kappa shape index (κ1) is 24.5. The minimum atomic E-state index is 0.558. The standard InChI is InChI=1S/C28H27ClN6O2/c1-30-13-18-14-33-35(17-18)27-9-6-21(29)11-24(27)19-5-8-23-25(10-19)34-32-16-26(23)31-15-20-4-7-22(36-2)12-28(20)37-3/h4-12,14,16-17,30H,13,15H2,1-3H3,(H,31,34). The van der Waals surface area contributed by atoms with Crippen LogP contribution in [0.1, 0.15) is 11.1 Å². The lowest BCUT2D eigenvalue weighted by molar-refractivity contribution is 0.391. The Labute approximate surface area is 220 Å². The van der Waals surface area contributed by atoms with E-state index in [1.54, 1.807) is 20.4 Å². The van der Waals surface area contributed by atoms with E-state index < -0.39 is 0 Å². The first-order chi connectivity index (χ1) is 18.1. The highest BCUT2D eigenvalue weighted by molar-refractivity contribution is 6.31. The molecule has 0 saturated heterocycles. The molecule has 0 aliphatic heterocycles. The van der Waals surface area contributed by atoms with Crippen molar-refractivity contribution in [1.82, 2.24) is 25.3 Å². The molecule has 188 valence electrons. The molecule has 0 spiro atoms. The first-order valence-electron chi connectivity index (χ1n) is 11.8. The van der Waals surface area contributed by atoms with Gasteiger partial charge < -0.3 is 20.1 Å². The second-order valence-corrected chi connectivity index (χ2v) is 8.94. The molecule has 3 aromatic carbocycles. The van der Waals surface area contributed by atoms with Crippen LogP contribution in [0, 0.1) is 0 Å². The average Bonchev–Trinajstić information content (AvgIpc) is 3.40. The molecule has 0 saturated carbocycles. The first-order valence-corrected chi connectivity index (χ1v) is 12.2. The number of hydrogen-bond donors (Lipinski definition) is 2. The van der Waals surface area contributed by atoms with Gasteiger partial charge in [-0.05, 0) is 55.1 Å². The lowest BCUT2D eigenvalue weighted by Gasteiger charge is -2.14. The maximum absolute atomic E-state index is 6.40. The van der Waals surface area contributed by atoms with Crippen molar-refractivity contribution in [2.24, 2.45) is 0 Å². The number of anilines is 1. The van der Waals surface area contributed by atoms with Crippen molar-refractivity contribution in [3.63, 3.8) is 0 Å². The summed E-state index contributed by atoms with van der Waals surface area (Å²) < 4.78 is 12.7. The van der Waals surface area contributed by atoms with Crippen LogP contribution in [0.2, 0.25) is 5.02 Å². The Balaban J connectivity index is 1.47. The van der Waals surface area contributed by atoms with Gasteiger partial charge in [0.05, 0.1) is 43.5 Å². The second-order valence-electron chi connectivity index (χ2n) is 8.51. The Morgan fingerprint density at radius 2 is 1.84 bits per heavy atom. The summed E-state index contributed by atoms with van der Waals surface area (Å²) in [5.74, 6) is 1.50. The number of methoxy groups -OCH3 is 2. The number of benzene rings is 3. The Hall–Kier alpha value is -4.14. The highest BCUT2D eigenvalue weighted by atomic mass is 35.5. The molecule has 5 aromatic rings. The summed E-state index contributed by atoms with van der Waals surface area (Å²) in [6.45, 7) is 1.30. The molecule has 2 aromatic heterocycles. The summed E-state index contributed by atoms with van der Waals surface area (Å²) in [6.07, 6.45) is 5.60. The Morgan fingerprint density at radius 3 is 2.65 bits per heavy atom. The van der Waals surface area contributed by atoms with E-state index in [9.17, 15) is 0 Å². The number of hydrogen-bond acceptors (Lipinski definition) is 7. The monoisotopic (exact) mass is 514 g/mol. The van der Waals surface area contributed by atoms with E-state index in [-0.39, 0.29) is 0 Å². The molecule has 0 atom stereocenters. The van der Waals surface area contributed by atoms with Gasteiger partial charge in [0.25, 0.3) is 0 Å². The van der Waals surface area contributed by atoms with E-state index in [0.717, 1.165) is 62.6 Å². The number of nitrogens with zero attached hydrogens (tertiary/aromatic N) is 4. The van der Waals surface area contributed by atoms with Crippen molar-refractivity contribution in [2.45, 2.75) is 13.1 Å². The van der Waals surface area contributed by atoms with E-state index in [1.807, 2.05) is 72.7 Å². The summed E-state index contributed by atoms with van der Waals surface area (Å²) >= 11 is 6.40. The SMILES string of the molecule is CNCc1cnn(-c2ccc(Cl)cc2-c2ccc3c(NCc4ccc(OC)cc4OC)cnnc3c2)c1. The van der Waals surface area contributed by atoms with Crippen molar-refractivity contribution in [1.29, 1.82) is 0 Å². The van der Waals surface area contributed by atoms with Crippen LogP contribution in [0.3, 0.4) is 0 Å². The Bertz CT molecular complexity index is 1550. The summed E-state index contributed by atoms with van der Waals surface area (Å²) in [4.78, 5) is 0. The molecule has 0 bridgehead atoms. The summed E-state index contributed by atoms with van der Waals surface area (Å²) in [5.41, 5.74) is 6.61. The fourth-order valence-corrected chi connectivity index (χ4v) is 4.46. The van der Waals surface area contributed by atoms with E-state index in [4.69, 9.17) is 21.1 Å². The second kappa shape index (κ2) is 10.9. The number of halogens is 1. The summed E-state index contributed by atoms with van der Waals surface area (Å²) in [6, 6.07) is 17.7. The molecule has 0 amide bonds. The van der Waals surface area contributed by atoms with Crippen molar-refractivity contribution in [3.05, 3.63) is 89.3 Å². The van der Waals surface area contributed by atoms with Gasteiger partial charge in [0.15, 0.2) is 0 Å². The molecular formula is C28H27ClN6O2. The summed E-state index contributed by atoms with van der Waals surface area (Å²) in [5, 5.41) is 21.4. The number of fused-ring (bicyclic) bond motifs is 1. The number of aromatic nitrogens is 4. The molecular weight excluding hydrogens is 488 g/mol. The van der Waals surface area contributed by atoms with Gasteiger partial charge in [0.1, 0.15) is 11.5 Å². The third-order valence-electron chi connectivity index (χ3n) is 6.14. The lowest BCUT2D eigenvalue weighted by Crippen LogP contribution is -2.04. The summed E-state index contributed by atoms with van der Waals surface area (Å²) in [7, 11) is 5.20. The molecule has 0 radical (unpaired) electrons. The largest absolute Gasteiger partial charge is 0.497 e. The minimum Gasteiger partial charge on any atom is -0.497 e. The van der Waals surface area contributed by atoms with E-state index in [1.165, 1.54) is 0 Å². The van der Waals surface area contributed by atoms with Crippen LogP contribution in [0.15, 0.2) is 73.2 Å². The molecule has 0 aliphatic carbocycles. The fraction of sp³-hybridized carbons (Fsp3) is 0.179. The zero-order valence-corrected chi connectivity index (χ0v) is 21.6. The molecule has 0 unspecified atom stereocenters. The zero-order chi connectivity index (χ0) is 25.8. The lowest BCUT2D eigenvalue weighted by atomic mass is 10.0. The topological polar surface area (TPSA) is 86.1 Å². The van der Waals surface area contributed by atoms with E-state index in [2.05, 4.69) is 32.0 Å². The number of nitrogens with one attached hydrogen (secondary N) is 2. The van der Waals surface area contributed by atoms with Crippen molar-refractivity contribution < 1.29 is 9.47 Å². The molecule has 0 fully saturated rings. The van der Waals surface area contributed by atoms with Gasteiger partial charge in [-0.2, -0.15) is 15.3 Å². The minimum absolute atomic E-state index is 0.558. The van der Waals surface area contributed by atoms with Gasteiger partial charge in [0.2, 0.25) is 0 Å². The predicted molar refractivity (Wildman–Crippen MR) is 147 cm³/mol. The van der Waals surface area contributed by atoms with Crippen LogP contribution in [-0.2, 0) is 13.1 Å². The zero-order valence-electron chi connectivity index (χ0n) is 20.8. The molecule has 37 heavy (non-hydrogen) atoms. The fourth-order valence-electron chi connectivity index (χ4n) is 4.28. The van der Waals surface area contributed by atoms with Crippen LogP contribution >= 0.6 is 11.6 Å². The van der Waals surface area contributed by atoms with Crippen molar-refractivity contribution in [3.8, 4) is 28.3 Å². The highest BCUT2D eigenvalue weighted by Crippen LogP contribution is 2.33. The highest BCUT2D eigenvalue weighted by Gasteiger charge is 2.13. The number of ether oxygens (including phenoxy) is 2. The average molecular weight is 515 g/mol. The molecule has 2 N–H and O–H groups in total. The predicted octanol–water partition coefficient (Wildman–Crippen LogP) is 5.48. The van der Waals surface area contributed by atoms with Gasteiger partial charge in [0, 0.05) is 52.5 Å². The van der Waals surface area contributed by atoms with Crippen LogP contribution in [0.5, 0.6) is 11.5 Å². The third kappa shape index (κ3) is 5.21. The van der Waals surface area contributed by atoms with Gasteiger partial charge in [-0.25, -0.2) is 4.68 Å². The molecule has 8 nitrogen and oxygen atoms in total. The Morgan fingerprint density at radius 1 is 0.946 bits per heavy atom. The number of rotatable bonds is 9.